The van der Waals surface area contributed by atoms with Crippen LogP contribution in [0.5, 0.6) is 0 Å². The molecule has 0 aliphatic rings. The summed E-state index contributed by atoms with van der Waals surface area (Å²) in [7, 11) is 1.86. The van der Waals surface area contributed by atoms with Gasteiger partial charge in [0.25, 0.3) is 0 Å². The molecule has 1 aromatic carbocycles. The molecule has 0 atom stereocenters. The Morgan fingerprint density at radius 2 is 2.00 bits per heavy atom. The van der Waals surface area contributed by atoms with E-state index < -0.39 is 0 Å². The summed E-state index contributed by atoms with van der Waals surface area (Å²) in [5.74, 6) is 0. The molecule has 0 amide bonds. The number of hydrogen-bond donors (Lipinski definition) is 0. The maximum absolute atomic E-state index is 8.82. The maximum Gasteiger partial charge on any atom is 0.163 e. The molecule has 16 heavy (non-hydrogen) atoms. The van der Waals surface area contributed by atoms with Crippen LogP contribution < -0.4 is 0 Å². The minimum Gasteiger partial charge on any atom is -0.267 e. The Hall–Kier alpha value is -2.08. The summed E-state index contributed by atoms with van der Waals surface area (Å²) in [5.41, 5.74) is 4.98. The summed E-state index contributed by atoms with van der Waals surface area (Å²) < 4.78 is 1.75. The van der Waals surface area contributed by atoms with E-state index >= 15 is 0 Å². The van der Waals surface area contributed by atoms with Gasteiger partial charge < -0.3 is 0 Å². The third-order valence-corrected chi connectivity index (χ3v) is 2.66. The van der Waals surface area contributed by atoms with Crippen LogP contribution in [-0.4, -0.2) is 9.78 Å². The lowest BCUT2D eigenvalue weighted by molar-refractivity contribution is 0.770. The Morgan fingerprint density at radius 1 is 1.25 bits per heavy atom. The zero-order valence-electron chi connectivity index (χ0n) is 9.65. The zero-order valence-corrected chi connectivity index (χ0v) is 9.65. The van der Waals surface area contributed by atoms with Crippen LogP contribution in [0.25, 0.3) is 11.3 Å². The van der Waals surface area contributed by atoms with Gasteiger partial charge in [0.1, 0.15) is 6.07 Å². The van der Waals surface area contributed by atoms with E-state index in [0.717, 1.165) is 11.3 Å². The highest BCUT2D eigenvalue weighted by Crippen LogP contribution is 2.24. The first kappa shape index (κ1) is 10.4. The molecule has 1 aromatic heterocycles. The zero-order chi connectivity index (χ0) is 11.7. The van der Waals surface area contributed by atoms with E-state index in [-0.39, 0.29) is 0 Å². The van der Waals surface area contributed by atoms with Crippen molar-refractivity contribution in [2.75, 3.05) is 0 Å². The highest BCUT2D eigenvalue weighted by atomic mass is 15.3. The van der Waals surface area contributed by atoms with Crippen molar-refractivity contribution in [2.24, 2.45) is 7.05 Å². The second-order valence-corrected chi connectivity index (χ2v) is 3.97. The number of rotatable bonds is 1. The lowest BCUT2D eigenvalue weighted by Gasteiger charge is -2.06. The maximum atomic E-state index is 8.82. The first-order chi connectivity index (χ1) is 7.61. The van der Waals surface area contributed by atoms with Gasteiger partial charge in [-0.25, -0.2) is 0 Å². The molecule has 0 N–H and O–H groups in total. The quantitative estimate of drug-likeness (QED) is 0.727. The van der Waals surface area contributed by atoms with Crippen LogP contribution in [0.15, 0.2) is 24.3 Å². The molecule has 0 aliphatic heterocycles. The topological polar surface area (TPSA) is 41.6 Å². The molecule has 1 heterocycles. The molecule has 0 unspecified atom stereocenters. The number of nitriles is 1. The molecule has 80 valence electrons. The van der Waals surface area contributed by atoms with Gasteiger partial charge in [-0.15, -0.1) is 0 Å². The molecule has 0 fully saturated rings. The Bertz CT molecular complexity index is 573. The third-order valence-electron chi connectivity index (χ3n) is 2.66. The van der Waals surface area contributed by atoms with Crippen LogP contribution in [-0.2, 0) is 7.05 Å². The minimum atomic E-state index is 0.457. The molecule has 0 aliphatic carbocycles. The third kappa shape index (κ3) is 1.70. The average Bonchev–Trinajstić information content (AvgIpc) is 2.63. The highest BCUT2D eigenvalue weighted by molar-refractivity contribution is 5.65. The molecule has 0 spiro atoms. The Kier molecular flexibility index (Phi) is 2.49. The predicted molar refractivity (Wildman–Crippen MR) is 62.8 cm³/mol. The van der Waals surface area contributed by atoms with E-state index in [1.807, 2.05) is 13.1 Å². The normalized spacial score (nSPS) is 10.1. The van der Waals surface area contributed by atoms with Crippen molar-refractivity contribution in [1.29, 1.82) is 5.26 Å². The first-order valence-electron chi connectivity index (χ1n) is 5.13. The molecular weight excluding hydrogens is 198 g/mol. The van der Waals surface area contributed by atoms with E-state index in [0.29, 0.717) is 5.69 Å². The Balaban J connectivity index is 2.63. The summed E-state index contributed by atoms with van der Waals surface area (Å²) in [6, 6.07) is 10.2. The molecule has 0 bridgehead atoms. The van der Waals surface area contributed by atoms with Crippen LogP contribution in [0.3, 0.4) is 0 Å². The fraction of sp³-hybridized carbons (Fsp3) is 0.231. The fourth-order valence-electron chi connectivity index (χ4n) is 1.79. The number of aromatic nitrogens is 2. The average molecular weight is 211 g/mol. The molecular formula is C13H13N3. The number of aryl methyl sites for hydroxylation is 3. The minimum absolute atomic E-state index is 0.457. The second kappa shape index (κ2) is 3.82. The highest BCUT2D eigenvalue weighted by Gasteiger charge is 2.09. The van der Waals surface area contributed by atoms with Gasteiger partial charge >= 0.3 is 0 Å². The standard InChI is InChI=1S/C13H13N3/c1-9-4-5-10(2)12(6-9)13-7-11(8-14)15-16(13)3/h4-7H,1-3H3. The number of benzene rings is 1. The Labute approximate surface area is 94.9 Å². The lowest BCUT2D eigenvalue weighted by atomic mass is 10.0. The van der Waals surface area contributed by atoms with Gasteiger partial charge in [0.05, 0.1) is 5.69 Å². The molecule has 0 radical (unpaired) electrons. The first-order valence-corrected chi connectivity index (χ1v) is 5.13. The van der Waals surface area contributed by atoms with Crippen molar-refractivity contribution in [3.63, 3.8) is 0 Å². The van der Waals surface area contributed by atoms with E-state index in [9.17, 15) is 0 Å². The summed E-state index contributed by atoms with van der Waals surface area (Å²) in [5, 5.41) is 13.0. The van der Waals surface area contributed by atoms with Crippen molar-refractivity contribution < 1.29 is 0 Å². The smallest absolute Gasteiger partial charge is 0.163 e. The molecule has 3 nitrogen and oxygen atoms in total. The number of nitrogens with zero attached hydrogens (tertiary/aromatic N) is 3. The summed E-state index contributed by atoms with van der Waals surface area (Å²) in [4.78, 5) is 0. The predicted octanol–water partition coefficient (Wildman–Crippen LogP) is 2.58. The van der Waals surface area contributed by atoms with E-state index in [4.69, 9.17) is 5.26 Å². The van der Waals surface area contributed by atoms with Crippen LogP contribution in [0.4, 0.5) is 0 Å². The van der Waals surface area contributed by atoms with E-state index in [2.05, 4.69) is 43.2 Å². The monoisotopic (exact) mass is 211 g/mol. The van der Waals surface area contributed by atoms with Crippen LogP contribution in [0.1, 0.15) is 16.8 Å². The summed E-state index contributed by atoms with van der Waals surface area (Å²) in [6.07, 6.45) is 0. The van der Waals surface area contributed by atoms with Crippen LogP contribution in [0.2, 0.25) is 0 Å². The van der Waals surface area contributed by atoms with Crippen molar-refractivity contribution in [1.82, 2.24) is 9.78 Å². The van der Waals surface area contributed by atoms with Crippen molar-refractivity contribution in [2.45, 2.75) is 13.8 Å². The van der Waals surface area contributed by atoms with Gasteiger partial charge in [0.15, 0.2) is 5.69 Å². The SMILES string of the molecule is Cc1ccc(C)c(-c2cc(C#N)nn2C)c1. The second-order valence-electron chi connectivity index (χ2n) is 3.97. The Morgan fingerprint density at radius 3 is 2.62 bits per heavy atom. The van der Waals surface area contributed by atoms with Gasteiger partial charge in [-0.2, -0.15) is 10.4 Å². The van der Waals surface area contributed by atoms with Gasteiger partial charge in [0.2, 0.25) is 0 Å². The van der Waals surface area contributed by atoms with Gasteiger partial charge in [0, 0.05) is 18.7 Å². The molecule has 2 rings (SSSR count). The van der Waals surface area contributed by atoms with Gasteiger partial charge in [-0.3, -0.25) is 4.68 Å². The molecule has 0 saturated heterocycles. The summed E-state index contributed by atoms with van der Waals surface area (Å²) >= 11 is 0. The molecule has 0 saturated carbocycles. The van der Waals surface area contributed by atoms with Gasteiger partial charge in [-0.05, 0) is 25.5 Å². The van der Waals surface area contributed by atoms with E-state index in [1.165, 1.54) is 11.1 Å². The molecule has 2 aromatic rings. The van der Waals surface area contributed by atoms with Crippen LogP contribution in [0, 0.1) is 25.2 Å². The van der Waals surface area contributed by atoms with Crippen LogP contribution >= 0.6 is 0 Å². The van der Waals surface area contributed by atoms with Gasteiger partial charge in [-0.1, -0.05) is 17.7 Å². The number of hydrogen-bond acceptors (Lipinski definition) is 2. The lowest BCUT2D eigenvalue weighted by Crippen LogP contribution is -1.95. The van der Waals surface area contributed by atoms with Crippen molar-refractivity contribution in [3.05, 3.63) is 41.1 Å². The fourth-order valence-corrected chi connectivity index (χ4v) is 1.79. The summed E-state index contributed by atoms with van der Waals surface area (Å²) in [6.45, 7) is 4.12. The van der Waals surface area contributed by atoms with Crippen molar-refractivity contribution in [3.8, 4) is 17.3 Å². The van der Waals surface area contributed by atoms with E-state index in [1.54, 1.807) is 4.68 Å². The van der Waals surface area contributed by atoms with Crippen molar-refractivity contribution >= 4 is 0 Å². The largest absolute Gasteiger partial charge is 0.267 e. The molecule has 3 heteroatoms.